The molecule has 5 heteroatoms. The Morgan fingerprint density at radius 2 is 1.96 bits per heavy atom. The van der Waals surface area contributed by atoms with Crippen LogP contribution in [0.1, 0.15) is 25.2 Å². The van der Waals surface area contributed by atoms with Gasteiger partial charge >= 0.3 is 0 Å². The van der Waals surface area contributed by atoms with E-state index < -0.39 is 0 Å². The number of aromatic nitrogens is 2. The first-order chi connectivity index (χ1) is 12.3. The Morgan fingerprint density at radius 3 is 2.73 bits per heavy atom. The highest BCUT2D eigenvalue weighted by molar-refractivity contribution is 5.81. The van der Waals surface area contributed by atoms with Crippen LogP contribution in [0.3, 0.4) is 0 Å². The van der Waals surface area contributed by atoms with Crippen molar-refractivity contribution in [3.05, 3.63) is 64.2 Å². The number of benzene rings is 2. The average molecular weight is 348 g/mol. The summed E-state index contributed by atoms with van der Waals surface area (Å²) in [5.41, 5.74) is 4.31. The van der Waals surface area contributed by atoms with E-state index in [-0.39, 0.29) is 11.0 Å². The Hall–Kier alpha value is -2.82. The minimum absolute atomic E-state index is 0.0829. The van der Waals surface area contributed by atoms with Crippen LogP contribution in [0.5, 0.6) is 0 Å². The molecule has 0 spiro atoms. The summed E-state index contributed by atoms with van der Waals surface area (Å²) in [4.78, 5) is 24.5. The maximum atomic E-state index is 12.6. The van der Waals surface area contributed by atoms with Gasteiger partial charge in [-0.15, -0.1) is 0 Å². The zero-order chi connectivity index (χ0) is 18.5. The molecule has 0 aliphatic carbocycles. The monoisotopic (exact) mass is 348 g/mol. The number of hydrogen-bond acceptors (Lipinski definition) is 4. The smallest absolute Gasteiger partial charge is 0.258 e. The minimum Gasteiger partial charge on any atom is -0.378 e. The van der Waals surface area contributed by atoms with E-state index in [9.17, 15) is 4.79 Å². The first kappa shape index (κ1) is 16.6. The molecule has 0 saturated heterocycles. The average Bonchev–Trinajstić information content (AvgIpc) is 2.85. The van der Waals surface area contributed by atoms with Gasteiger partial charge in [-0.25, -0.2) is 4.98 Å². The Kier molecular flexibility index (Phi) is 3.75. The second kappa shape index (κ2) is 5.87. The molecule has 0 amide bonds. The van der Waals surface area contributed by atoms with Gasteiger partial charge in [0.1, 0.15) is 5.82 Å². The summed E-state index contributed by atoms with van der Waals surface area (Å²) < 4.78 is 0. The fraction of sp³-hybridized carbons (Fsp3) is 0.333. The van der Waals surface area contributed by atoms with Gasteiger partial charge in [0, 0.05) is 37.4 Å². The molecule has 2 aromatic carbocycles. The van der Waals surface area contributed by atoms with Gasteiger partial charge in [0.2, 0.25) is 0 Å². The second-order valence-electron chi connectivity index (χ2n) is 7.87. The summed E-state index contributed by atoms with van der Waals surface area (Å²) in [6, 6.07) is 14.3. The van der Waals surface area contributed by atoms with Crippen LogP contribution in [0.15, 0.2) is 47.3 Å². The molecule has 0 fully saturated rings. The van der Waals surface area contributed by atoms with Crippen LogP contribution in [0.4, 0.5) is 11.4 Å². The van der Waals surface area contributed by atoms with E-state index in [1.54, 1.807) is 0 Å². The molecule has 3 aromatic rings. The molecule has 5 nitrogen and oxygen atoms in total. The predicted molar refractivity (Wildman–Crippen MR) is 107 cm³/mol. The summed E-state index contributed by atoms with van der Waals surface area (Å²) in [6.45, 7) is 6.02. The van der Waals surface area contributed by atoms with Crippen LogP contribution in [-0.2, 0) is 12.0 Å². The van der Waals surface area contributed by atoms with Crippen molar-refractivity contribution >= 4 is 22.3 Å². The molecular weight excluding hydrogens is 324 g/mol. The van der Waals surface area contributed by atoms with Crippen molar-refractivity contribution in [2.75, 3.05) is 30.4 Å². The molecule has 0 radical (unpaired) electrons. The number of nitrogens with zero attached hydrogens (tertiary/aromatic N) is 3. The summed E-state index contributed by atoms with van der Waals surface area (Å²) in [5.74, 6) is 0.701. The van der Waals surface area contributed by atoms with Gasteiger partial charge in [0.25, 0.3) is 5.56 Å². The molecule has 1 aliphatic heterocycles. The van der Waals surface area contributed by atoms with Gasteiger partial charge in [-0.3, -0.25) is 4.79 Å². The quantitative estimate of drug-likeness (QED) is 0.789. The van der Waals surface area contributed by atoms with Crippen LogP contribution < -0.4 is 15.4 Å². The molecule has 2 heterocycles. The third kappa shape index (κ3) is 2.73. The molecule has 26 heavy (non-hydrogen) atoms. The van der Waals surface area contributed by atoms with E-state index >= 15 is 0 Å². The number of rotatable bonds is 3. The van der Waals surface area contributed by atoms with E-state index in [1.165, 1.54) is 11.3 Å². The van der Waals surface area contributed by atoms with Crippen molar-refractivity contribution in [3.8, 4) is 0 Å². The van der Waals surface area contributed by atoms with E-state index in [2.05, 4.69) is 48.0 Å². The molecule has 0 unspecified atom stereocenters. The lowest BCUT2D eigenvalue weighted by molar-refractivity contribution is 0.547. The van der Waals surface area contributed by atoms with E-state index in [0.717, 1.165) is 17.7 Å². The fourth-order valence-corrected chi connectivity index (χ4v) is 3.82. The molecule has 1 aliphatic rings. The zero-order valence-electron chi connectivity index (χ0n) is 15.7. The number of para-hydroxylation sites is 1. The molecule has 0 saturated carbocycles. The predicted octanol–water partition coefficient (Wildman–Crippen LogP) is 3.29. The summed E-state index contributed by atoms with van der Waals surface area (Å²) in [7, 11) is 3.92. The number of fused-ring (bicyclic) bond motifs is 2. The number of H-pyrrole nitrogens is 1. The van der Waals surface area contributed by atoms with Crippen molar-refractivity contribution in [2.45, 2.75) is 25.8 Å². The van der Waals surface area contributed by atoms with Crippen LogP contribution in [-0.4, -0.2) is 30.6 Å². The van der Waals surface area contributed by atoms with E-state index in [4.69, 9.17) is 4.98 Å². The Labute approximate surface area is 153 Å². The third-order valence-electron chi connectivity index (χ3n) is 5.16. The van der Waals surface area contributed by atoms with Gasteiger partial charge in [0.05, 0.1) is 17.4 Å². The van der Waals surface area contributed by atoms with Crippen molar-refractivity contribution in [3.63, 3.8) is 0 Å². The van der Waals surface area contributed by atoms with Crippen molar-refractivity contribution in [2.24, 2.45) is 0 Å². The van der Waals surface area contributed by atoms with Crippen molar-refractivity contribution in [1.82, 2.24) is 9.97 Å². The highest BCUT2D eigenvalue weighted by Gasteiger charge is 2.34. The molecule has 134 valence electrons. The van der Waals surface area contributed by atoms with Gasteiger partial charge in [-0.05, 0) is 29.8 Å². The maximum absolute atomic E-state index is 12.6. The largest absolute Gasteiger partial charge is 0.378 e. The normalized spacial score (nSPS) is 15.3. The third-order valence-corrected chi connectivity index (χ3v) is 5.16. The summed E-state index contributed by atoms with van der Waals surface area (Å²) >= 11 is 0. The SMILES string of the molecule is CN(C)c1ccc2nc(CN3CC(C)(C)c4ccccc43)[nH]c(=O)c2c1. The topological polar surface area (TPSA) is 52.2 Å². The number of nitrogens with one attached hydrogen (secondary N) is 1. The number of anilines is 2. The van der Waals surface area contributed by atoms with Gasteiger partial charge in [-0.1, -0.05) is 32.0 Å². The lowest BCUT2D eigenvalue weighted by atomic mass is 9.87. The first-order valence-corrected chi connectivity index (χ1v) is 8.90. The van der Waals surface area contributed by atoms with Crippen LogP contribution >= 0.6 is 0 Å². The number of hydrogen-bond donors (Lipinski definition) is 1. The highest BCUT2D eigenvalue weighted by Crippen LogP contribution is 2.40. The standard InChI is InChI=1S/C21H24N4O/c1-21(2)13-25(18-8-6-5-7-16(18)21)12-19-22-17-10-9-14(24(3)4)11-15(17)20(26)23-19/h5-11H,12-13H2,1-4H3,(H,22,23,26). The lowest BCUT2D eigenvalue weighted by Gasteiger charge is -2.22. The minimum atomic E-state index is -0.0829. The highest BCUT2D eigenvalue weighted by atomic mass is 16.1. The lowest BCUT2D eigenvalue weighted by Crippen LogP contribution is -2.29. The second-order valence-corrected chi connectivity index (χ2v) is 7.87. The van der Waals surface area contributed by atoms with Crippen LogP contribution in [0.2, 0.25) is 0 Å². The van der Waals surface area contributed by atoms with Crippen molar-refractivity contribution < 1.29 is 0 Å². The summed E-state index contributed by atoms with van der Waals surface area (Å²) in [5, 5.41) is 0.627. The Bertz CT molecular complexity index is 1040. The molecule has 1 N–H and O–H groups in total. The van der Waals surface area contributed by atoms with E-state index in [1.807, 2.05) is 37.2 Å². The van der Waals surface area contributed by atoms with Crippen LogP contribution in [0.25, 0.3) is 10.9 Å². The summed E-state index contributed by atoms with van der Waals surface area (Å²) in [6.07, 6.45) is 0. The van der Waals surface area contributed by atoms with Gasteiger partial charge in [-0.2, -0.15) is 0 Å². The number of aromatic amines is 1. The molecule has 4 rings (SSSR count). The van der Waals surface area contributed by atoms with Gasteiger partial charge < -0.3 is 14.8 Å². The first-order valence-electron chi connectivity index (χ1n) is 8.90. The van der Waals surface area contributed by atoms with Crippen LogP contribution in [0, 0.1) is 0 Å². The maximum Gasteiger partial charge on any atom is 0.258 e. The van der Waals surface area contributed by atoms with Gasteiger partial charge in [0.15, 0.2) is 0 Å². The Morgan fingerprint density at radius 1 is 1.19 bits per heavy atom. The molecule has 0 bridgehead atoms. The molecule has 0 atom stereocenters. The van der Waals surface area contributed by atoms with E-state index in [0.29, 0.717) is 17.8 Å². The Balaban J connectivity index is 1.71. The zero-order valence-corrected chi connectivity index (χ0v) is 15.7. The van der Waals surface area contributed by atoms with Crippen molar-refractivity contribution in [1.29, 1.82) is 0 Å². The fourth-order valence-electron chi connectivity index (χ4n) is 3.82. The molecular formula is C21H24N4O. The molecule has 1 aromatic heterocycles.